The van der Waals surface area contributed by atoms with Gasteiger partial charge in [-0.2, -0.15) is 9.97 Å². The molecule has 0 radical (unpaired) electrons. The first-order chi connectivity index (χ1) is 20.9. The van der Waals surface area contributed by atoms with Crippen LogP contribution < -0.4 is 15.5 Å². The highest BCUT2D eigenvalue weighted by atomic mass is 16.6. The van der Waals surface area contributed by atoms with Crippen LogP contribution in [0.1, 0.15) is 45.1 Å². The Labute approximate surface area is 251 Å². The average molecular weight is 586 g/mol. The highest BCUT2D eigenvalue weighted by molar-refractivity contribution is 5.89. The van der Waals surface area contributed by atoms with Crippen molar-refractivity contribution in [3.8, 4) is 0 Å². The van der Waals surface area contributed by atoms with Gasteiger partial charge in [0.05, 0.1) is 17.8 Å². The van der Waals surface area contributed by atoms with Crippen LogP contribution in [0.25, 0.3) is 11.2 Å². The number of hydrogen-bond donors (Lipinski definition) is 2. The molecule has 0 bridgehead atoms. The molecule has 1 unspecified atom stereocenters. The van der Waals surface area contributed by atoms with Crippen molar-refractivity contribution in [2.24, 2.45) is 5.92 Å². The number of rotatable bonds is 12. The predicted molar refractivity (Wildman–Crippen MR) is 169 cm³/mol. The monoisotopic (exact) mass is 585 g/mol. The van der Waals surface area contributed by atoms with Gasteiger partial charge in [0.2, 0.25) is 5.95 Å². The molecular formula is C31H39N9O3. The smallest absolute Gasteiger partial charge is 0.321 e. The van der Waals surface area contributed by atoms with E-state index in [-0.39, 0.29) is 11.7 Å². The molecule has 12 nitrogen and oxygen atoms in total. The molecule has 1 aliphatic heterocycles. The Morgan fingerprint density at radius 2 is 1.77 bits per heavy atom. The van der Waals surface area contributed by atoms with E-state index in [1.165, 1.54) is 25.0 Å². The number of carbonyl (C=O) groups excluding carboxylic acids is 1. The predicted octanol–water partition coefficient (Wildman–Crippen LogP) is 5.77. The fraction of sp³-hybridized carbons (Fsp3) is 0.419. The molecule has 0 aliphatic carbocycles. The highest BCUT2D eigenvalue weighted by Crippen LogP contribution is 2.26. The molecule has 0 saturated carbocycles. The fourth-order valence-corrected chi connectivity index (χ4v) is 5.25. The zero-order valence-corrected chi connectivity index (χ0v) is 24.8. The lowest BCUT2D eigenvalue weighted by Crippen LogP contribution is -2.50. The summed E-state index contributed by atoms with van der Waals surface area (Å²) in [5, 5.41) is 17.6. The number of non-ortho nitro benzene ring substituents is 1. The van der Waals surface area contributed by atoms with Gasteiger partial charge >= 0.3 is 6.03 Å². The number of fused-ring (bicyclic) bond motifs is 1. The van der Waals surface area contributed by atoms with Crippen molar-refractivity contribution in [1.82, 2.24) is 24.4 Å². The van der Waals surface area contributed by atoms with Crippen molar-refractivity contribution in [3.05, 3.63) is 76.6 Å². The van der Waals surface area contributed by atoms with Gasteiger partial charge in [0.1, 0.15) is 0 Å². The molecule has 1 atom stereocenters. The molecule has 1 aliphatic rings. The van der Waals surface area contributed by atoms with Crippen molar-refractivity contribution in [3.63, 3.8) is 0 Å². The highest BCUT2D eigenvalue weighted by Gasteiger charge is 2.25. The maximum atomic E-state index is 12.8. The van der Waals surface area contributed by atoms with E-state index in [1.54, 1.807) is 23.4 Å². The SMILES string of the molecule is CCCCC(CC)CNc1nc(N2CCN(C(=O)Nc3ccccc3)CC2)nc2c1ncn2Cc1ccc([N+](=O)[O-])cc1. The number of aromatic nitrogens is 4. The van der Waals surface area contributed by atoms with Gasteiger partial charge in [0.25, 0.3) is 5.69 Å². The number of anilines is 3. The summed E-state index contributed by atoms with van der Waals surface area (Å²) in [6.07, 6.45) is 6.34. The number of piperazine rings is 1. The minimum absolute atomic E-state index is 0.0560. The molecule has 5 rings (SSSR count). The molecule has 1 fully saturated rings. The van der Waals surface area contributed by atoms with Gasteiger partial charge in [-0.15, -0.1) is 0 Å². The van der Waals surface area contributed by atoms with Crippen molar-refractivity contribution in [1.29, 1.82) is 0 Å². The van der Waals surface area contributed by atoms with Gasteiger partial charge in [0.15, 0.2) is 17.0 Å². The van der Waals surface area contributed by atoms with E-state index in [1.807, 2.05) is 34.9 Å². The number of nitrogens with zero attached hydrogens (tertiary/aromatic N) is 7. The Morgan fingerprint density at radius 1 is 1.02 bits per heavy atom. The number of nitrogens with one attached hydrogen (secondary N) is 2. The Morgan fingerprint density at radius 3 is 2.44 bits per heavy atom. The lowest BCUT2D eigenvalue weighted by Gasteiger charge is -2.34. The largest absolute Gasteiger partial charge is 0.368 e. The Balaban J connectivity index is 1.36. The molecular weight excluding hydrogens is 546 g/mol. The molecule has 2 aromatic carbocycles. The first-order valence-electron chi connectivity index (χ1n) is 15.0. The Bertz CT molecular complexity index is 1520. The molecule has 226 valence electrons. The maximum Gasteiger partial charge on any atom is 0.321 e. The summed E-state index contributed by atoms with van der Waals surface area (Å²) >= 11 is 0. The molecule has 2 N–H and O–H groups in total. The summed E-state index contributed by atoms with van der Waals surface area (Å²) in [6, 6.07) is 15.9. The third kappa shape index (κ3) is 7.37. The minimum Gasteiger partial charge on any atom is -0.368 e. The lowest BCUT2D eigenvalue weighted by molar-refractivity contribution is -0.384. The van der Waals surface area contributed by atoms with E-state index in [0.717, 1.165) is 30.6 Å². The number of benzene rings is 2. The van der Waals surface area contributed by atoms with Gasteiger partial charge in [0, 0.05) is 50.5 Å². The molecule has 4 aromatic rings. The van der Waals surface area contributed by atoms with Gasteiger partial charge in [-0.25, -0.2) is 9.78 Å². The third-order valence-electron chi connectivity index (χ3n) is 7.93. The number of para-hydroxylation sites is 1. The van der Waals surface area contributed by atoms with Crippen LogP contribution in [-0.4, -0.2) is 68.1 Å². The standard InChI is InChI=1S/C31H39N9O3/c1-3-5-9-23(4-2)20-32-28-27-29(39(22-33-27)21-24-12-14-26(15-13-24)40(42)43)36-30(35-28)37-16-18-38(19-17-37)31(41)34-25-10-7-6-8-11-25/h6-8,10-15,22-23H,3-5,9,16-21H2,1-2H3,(H,34,41)(H,32,35,36). The number of nitro benzene ring substituents is 1. The summed E-state index contributed by atoms with van der Waals surface area (Å²) in [6.45, 7) is 7.96. The minimum atomic E-state index is -0.400. The maximum absolute atomic E-state index is 12.8. The van der Waals surface area contributed by atoms with E-state index < -0.39 is 4.92 Å². The van der Waals surface area contributed by atoms with Gasteiger partial charge in [-0.3, -0.25) is 10.1 Å². The van der Waals surface area contributed by atoms with E-state index >= 15 is 0 Å². The molecule has 1 saturated heterocycles. The topological polar surface area (TPSA) is 134 Å². The molecule has 43 heavy (non-hydrogen) atoms. The number of carbonyl (C=O) groups is 1. The Hall–Kier alpha value is -4.74. The Kier molecular flexibility index (Phi) is 9.65. The zero-order valence-electron chi connectivity index (χ0n) is 24.8. The number of imidazole rings is 1. The average Bonchev–Trinajstić information content (AvgIpc) is 3.44. The van der Waals surface area contributed by atoms with Crippen LogP contribution in [0.15, 0.2) is 60.9 Å². The van der Waals surface area contributed by atoms with Crippen molar-refractivity contribution in [2.45, 2.75) is 46.1 Å². The van der Waals surface area contributed by atoms with Crippen LogP contribution >= 0.6 is 0 Å². The summed E-state index contributed by atoms with van der Waals surface area (Å²) in [4.78, 5) is 42.0. The number of unbranched alkanes of at least 4 members (excludes halogenated alkanes) is 1. The second-order valence-electron chi connectivity index (χ2n) is 10.9. The summed E-state index contributed by atoms with van der Waals surface area (Å²) in [5.41, 5.74) is 3.11. The fourth-order valence-electron chi connectivity index (χ4n) is 5.25. The van der Waals surface area contributed by atoms with Gasteiger partial charge in [-0.05, 0) is 30.0 Å². The van der Waals surface area contributed by atoms with Crippen LogP contribution in [-0.2, 0) is 6.54 Å². The zero-order chi connectivity index (χ0) is 30.2. The first-order valence-corrected chi connectivity index (χ1v) is 15.0. The lowest BCUT2D eigenvalue weighted by atomic mass is 9.99. The van der Waals surface area contributed by atoms with Crippen LogP contribution in [0.4, 0.5) is 27.9 Å². The second-order valence-corrected chi connectivity index (χ2v) is 10.9. The summed E-state index contributed by atoms with van der Waals surface area (Å²) in [5.74, 6) is 1.81. The number of hydrogen-bond acceptors (Lipinski definition) is 8. The molecule has 12 heteroatoms. The first kappa shape index (κ1) is 29.7. The normalized spacial score (nSPS) is 14.1. The number of amides is 2. The summed E-state index contributed by atoms with van der Waals surface area (Å²) < 4.78 is 1.95. The molecule has 0 spiro atoms. The molecule has 3 heterocycles. The van der Waals surface area contributed by atoms with Crippen LogP contribution in [0.2, 0.25) is 0 Å². The second kappa shape index (κ2) is 14.0. The van der Waals surface area contributed by atoms with E-state index in [9.17, 15) is 14.9 Å². The van der Waals surface area contributed by atoms with Crippen molar-refractivity contribution < 1.29 is 9.72 Å². The quantitative estimate of drug-likeness (QED) is 0.158. The van der Waals surface area contributed by atoms with Crippen LogP contribution in [0.3, 0.4) is 0 Å². The third-order valence-corrected chi connectivity index (χ3v) is 7.93. The van der Waals surface area contributed by atoms with Gasteiger partial charge < -0.3 is 25.0 Å². The van der Waals surface area contributed by atoms with E-state index in [4.69, 9.17) is 9.97 Å². The molecule has 2 aromatic heterocycles. The number of urea groups is 1. The van der Waals surface area contributed by atoms with Crippen LogP contribution in [0.5, 0.6) is 0 Å². The van der Waals surface area contributed by atoms with E-state index in [2.05, 4.69) is 34.4 Å². The van der Waals surface area contributed by atoms with Crippen molar-refractivity contribution in [2.75, 3.05) is 48.3 Å². The summed E-state index contributed by atoms with van der Waals surface area (Å²) in [7, 11) is 0. The molecule has 2 amide bonds. The van der Waals surface area contributed by atoms with E-state index in [0.29, 0.717) is 61.6 Å². The van der Waals surface area contributed by atoms with Crippen LogP contribution in [0, 0.1) is 16.0 Å². The number of nitro groups is 1. The van der Waals surface area contributed by atoms with Gasteiger partial charge in [-0.1, -0.05) is 63.4 Å². The van der Waals surface area contributed by atoms with Crippen molar-refractivity contribution >= 4 is 40.3 Å².